The van der Waals surface area contributed by atoms with Crippen molar-refractivity contribution in [3.63, 3.8) is 0 Å². The lowest BCUT2D eigenvalue weighted by Gasteiger charge is -2.43. The van der Waals surface area contributed by atoms with Gasteiger partial charge < -0.3 is 14.5 Å². The van der Waals surface area contributed by atoms with Gasteiger partial charge >= 0.3 is 8.17 Å². The van der Waals surface area contributed by atoms with E-state index in [0.29, 0.717) is 0 Å². The highest BCUT2D eigenvalue weighted by Crippen LogP contribution is 2.63. The molecule has 1 aliphatic heterocycles. The summed E-state index contributed by atoms with van der Waals surface area (Å²) in [5.74, 6) is 0.748. The molecule has 1 aromatic carbocycles. The predicted molar refractivity (Wildman–Crippen MR) is 67.9 cm³/mol. The van der Waals surface area contributed by atoms with Gasteiger partial charge in [-0.3, -0.25) is 9.05 Å². The molecule has 0 aromatic heterocycles. The number of methoxy groups -OCH3 is 1. The summed E-state index contributed by atoms with van der Waals surface area (Å²) in [6.45, 7) is 4.16. The number of benzene rings is 1. The molecule has 1 fully saturated rings. The number of ether oxygens (including phenoxy) is 1. The molecule has 1 radical (unpaired) electrons. The van der Waals surface area contributed by atoms with Gasteiger partial charge in [0.2, 0.25) is 0 Å². The summed E-state index contributed by atoms with van der Waals surface area (Å²) < 4.78 is 15.4. The molecule has 0 amide bonds. The highest BCUT2D eigenvalue weighted by molar-refractivity contribution is 7.54. The quantitative estimate of drug-likeness (QED) is 0.810. The molecular formula is C12H18O5P. The van der Waals surface area contributed by atoms with Crippen LogP contribution < -0.4 is 4.74 Å². The van der Waals surface area contributed by atoms with E-state index in [1.54, 1.807) is 7.11 Å². The van der Waals surface area contributed by atoms with Crippen LogP contribution in [0.15, 0.2) is 24.3 Å². The van der Waals surface area contributed by atoms with Crippen molar-refractivity contribution in [1.82, 2.24) is 0 Å². The van der Waals surface area contributed by atoms with E-state index in [0.717, 1.165) is 11.3 Å². The molecule has 5 nitrogen and oxygen atoms in total. The van der Waals surface area contributed by atoms with Crippen molar-refractivity contribution >= 4 is 8.17 Å². The number of rotatable bonds is 2. The Hall–Kier alpha value is -0.710. The molecule has 6 heteroatoms. The molecule has 2 rings (SSSR count). The average Bonchev–Trinajstić information content (AvgIpc) is 2.33. The molecule has 1 aliphatic rings. The summed E-state index contributed by atoms with van der Waals surface area (Å²) in [4.78, 5) is 19.1. The van der Waals surface area contributed by atoms with Crippen molar-refractivity contribution in [2.45, 2.75) is 20.0 Å². The van der Waals surface area contributed by atoms with Crippen LogP contribution in [0.3, 0.4) is 0 Å². The average molecular weight is 273 g/mol. The molecule has 0 aliphatic carbocycles. The molecule has 101 valence electrons. The zero-order valence-corrected chi connectivity index (χ0v) is 11.6. The molecule has 0 saturated carbocycles. The van der Waals surface area contributed by atoms with Gasteiger partial charge in [-0.25, -0.2) is 0 Å². The Morgan fingerprint density at radius 1 is 1.28 bits per heavy atom. The standard InChI is InChI=1S/C12H18O5P/c1-12(2)8-16-18(13,14)17-11(12)9-4-6-10(15-3)7-5-9/h4-7,11,13-14H,8H2,1-3H3. The minimum absolute atomic E-state index is 0.241. The van der Waals surface area contributed by atoms with Gasteiger partial charge in [-0.2, -0.15) is 0 Å². The molecule has 1 atom stereocenters. The summed E-state index contributed by atoms with van der Waals surface area (Å²) in [5.41, 5.74) is 0.542. The van der Waals surface area contributed by atoms with Gasteiger partial charge in [0, 0.05) is 5.41 Å². The van der Waals surface area contributed by atoms with E-state index < -0.39 is 14.3 Å². The van der Waals surface area contributed by atoms with Crippen LogP contribution in [0.2, 0.25) is 0 Å². The molecule has 0 bridgehead atoms. The first-order valence-electron chi connectivity index (χ1n) is 5.65. The molecule has 1 unspecified atom stereocenters. The van der Waals surface area contributed by atoms with E-state index in [-0.39, 0.29) is 12.0 Å². The van der Waals surface area contributed by atoms with Crippen LogP contribution in [0.5, 0.6) is 5.75 Å². The van der Waals surface area contributed by atoms with Crippen molar-refractivity contribution in [2.75, 3.05) is 13.7 Å². The molecule has 1 aromatic rings. The van der Waals surface area contributed by atoms with Crippen LogP contribution >= 0.6 is 8.17 Å². The maximum Gasteiger partial charge on any atom is 0.375 e. The maximum absolute atomic E-state index is 9.54. The molecule has 0 spiro atoms. The SMILES string of the molecule is COc1ccc(C2O[P](O)(O)OCC2(C)C)cc1. The fraction of sp³-hybridized carbons (Fsp3) is 0.500. The Labute approximate surface area is 107 Å². The largest absolute Gasteiger partial charge is 0.497 e. The van der Waals surface area contributed by atoms with E-state index in [9.17, 15) is 9.79 Å². The molecular weight excluding hydrogens is 255 g/mol. The van der Waals surface area contributed by atoms with Crippen LogP contribution in [0.1, 0.15) is 25.5 Å². The van der Waals surface area contributed by atoms with Gasteiger partial charge in [0.05, 0.1) is 13.7 Å². The molecule has 1 heterocycles. The van der Waals surface area contributed by atoms with E-state index in [2.05, 4.69) is 0 Å². The first-order valence-corrected chi connectivity index (χ1v) is 7.18. The van der Waals surface area contributed by atoms with E-state index in [1.807, 2.05) is 38.1 Å². The Bertz CT molecular complexity index is 415. The first kappa shape index (κ1) is 13.7. The third kappa shape index (κ3) is 2.82. The smallest absolute Gasteiger partial charge is 0.375 e. The fourth-order valence-electron chi connectivity index (χ4n) is 1.93. The van der Waals surface area contributed by atoms with Gasteiger partial charge in [-0.1, -0.05) is 26.0 Å². The third-order valence-corrected chi connectivity index (χ3v) is 3.93. The van der Waals surface area contributed by atoms with Crippen molar-refractivity contribution in [2.24, 2.45) is 5.41 Å². The second-order valence-electron chi connectivity index (χ2n) is 5.01. The van der Waals surface area contributed by atoms with Crippen molar-refractivity contribution in [3.8, 4) is 5.75 Å². The lowest BCUT2D eigenvalue weighted by Crippen LogP contribution is -2.34. The van der Waals surface area contributed by atoms with Gasteiger partial charge in [0.1, 0.15) is 11.9 Å². The second kappa shape index (κ2) is 4.76. The van der Waals surface area contributed by atoms with Crippen LogP contribution in [0.25, 0.3) is 0 Å². The Kier molecular flexibility index (Phi) is 3.63. The molecule has 1 saturated heterocycles. The lowest BCUT2D eigenvalue weighted by molar-refractivity contribution is -0.0632. The second-order valence-corrected chi connectivity index (χ2v) is 6.46. The van der Waals surface area contributed by atoms with Crippen LogP contribution in [-0.2, 0) is 9.05 Å². The third-order valence-electron chi connectivity index (χ3n) is 2.98. The predicted octanol–water partition coefficient (Wildman–Crippen LogP) is 2.47. The minimum atomic E-state index is -3.69. The summed E-state index contributed by atoms with van der Waals surface area (Å²) >= 11 is 0. The van der Waals surface area contributed by atoms with Crippen LogP contribution in [-0.4, -0.2) is 23.5 Å². The molecule has 2 N–H and O–H groups in total. The zero-order valence-electron chi connectivity index (χ0n) is 10.7. The van der Waals surface area contributed by atoms with Gasteiger partial charge in [-0.05, 0) is 17.7 Å². The summed E-state index contributed by atoms with van der Waals surface area (Å²) in [5, 5.41) is 0. The van der Waals surface area contributed by atoms with E-state index >= 15 is 0 Å². The summed E-state index contributed by atoms with van der Waals surface area (Å²) in [7, 11) is -2.09. The highest BCUT2D eigenvalue weighted by Gasteiger charge is 2.45. The summed E-state index contributed by atoms with van der Waals surface area (Å²) in [6.07, 6.45) is -0.416. The number of hydrogen-bond donors (Lipinski definition) is 2. The lowest BCUT2D eigenvalue weighted by atomic mass is 9.83. The van der Waals surface area contributed by atoms with Gasteiger partial charge in [0.15, 0.2) is 0 Å². The fourth-order valence-corrected chi connectivity index (χ4v) is 3.17. The highest BCUT2D eigenvalue weighted by atomic mass is 31.2. The normalized spacial score (nSPS) is 25.7. The molecule has 18 heavy (non-hydrogen) atoms. The summed E-state index contributed by atoms with van der Waals surface area (Å²) in [6, 6.07) is 7.35. The Balaban J connectivity index is 2.27. The Morgan fingerprint density at radius 2 is 1.89 bits per heavy atom. The monoisotopic (exact) mass is 273 g/mol. The van der Waals surface area contributed by atoms with Crippen LogP contribution in [0.4, 0.5) is 0 Å². The number of hydrogen-bond acceptors (Lipinski definition) is 5. The van der Waals surface area contributed by atoms with Gasteiger partial charge in [0.25, 0.3) is 0 Å². The Morgan fingerprint density at radius 3 is 2.44 bits per heavy atom. The first-order chi connectivity index (χ1) is 8.34. The van der Waals surface area contributed by atoms with Crippen molar-refractivity contribution < 1.29 is 23.6 Å². The topological polar surface area (TPSA) is 68.2 Å². The van der Waals surface area contributed by atoms with Crippen molar-refractivity contribution in [3.05, 3.63) is 29.8 Å². The maximum atomic E-state index is 9.54. The zero-order chi connectivity index (χ0) is 13.4. The minimum Gasteiger partial charge on any atom is -0.497 e. The van der Waals surface area contributed by atoms with Crippen molar-refractivity contribution in [1.29, 1.82) is 0 Å². The van der Waals surface area contributed by atoms with Crippen LogP contribution in [0, 0.1) is 5.41 Å². The van der Waals surface area contributed by atoms with E-state index in [1.165, 1.54) is 0 Å². The van der Waals surface area contributed by atoms with E-state index in [4.69, 9.17) is 13.8 Å². The van der Waals surface area contributed by atoms with Gasteiger partial charge in [-0.15, -0.1) is 0 Å².